The molecule has 7 heteroatoms. The van der Waals surface area contributed by atoms with Crippen molar-refractivity contribution in [2.24, 2.45) is 5.92 Å². The third-order valence-corrected chi connectivity index (χ3v) is 6.95. The summed E-state index contributed by atoms with van der Waals surface area (Å²) in [5.74, 6) is -1.13. The Labute approximate surface area is 223 Å². The lowest BCUT2D eigenvalue weighted by Gasteiger charge is -2.25. The van der Waals surface area contributed by atoms with Crippen molar-refractivity contribution in [1.29, 1.82) is 5.26 Å². The van der Waals surface area contributed by atoms with Crippen LogP contribution in [-0.2, 0) is 20.7 Å². The van der Waals surface area contributed by atoms with Gasteiger partial charge in [0.1, 0.15) is 0 Å². The third kappa shape index (κ3) is 6.65. The minimum atomic E-state index is -0.440. The van der Waals surface area contributed by atoms with Crippen molar-refractivity contribution >= 4 is 17.8 Å². The van der Waals surface area contributed by atoms with Gasteiger partial charge in [0.15, 0.2) is 0 Å². The van der Waals surface area contributed by atoms with Gasteiger partial charge in [-0.3, -0.25) is 14.4 Å². The van der Waals surface area contributed by atoms with E-state index in [1.54, 1.807) is 18.2 Å². The Kier molecular flexibility index (Phi) is 8.89. The quantitative estimate of drug-likeness (QED) is 0.409. The largest absolute Gasteiger partial charge is 0.469 e. The van der Waals surface area contributed by atoms with Gasteiger partial charge in [0.25, 0.3) is 5.91 Å². The fraction of sp³-hybridized carbons (Fsp3) is 0.290. The van der Waals surface area contributed by atoms with Crippen LogP contribution in [0.25, 0.3) is 11.1 Å². The molecule has 0 aliphatic carbocycles. The Balaban J connectivity index is 1.38. The van der Waals surface area contributed by atoms with E-state index < -0.39 is 11.9 Å². The molecule has 0 unspecified atom stereocenters. The molecule has 38 heavy (non-hydrogen) atoms. The van der Waals surface area contributed by atoms with E-state index in [0.717, 1.165) is 24.0 Å². The van der Waals surface area contributed by atoms with Crippen LogP contribution >= 0.6 is 0 Å². The second kappa shape index (κ2) is 12.7. The van der Waals surface area contributed by atoms with Gasteiger partial charge in [0.2, 0.25) is 5.91 Å². The smallest absolute Gasteiger partial charge is 0.306 e. The van der Waals surface area contributed by atoms with Crippen molar-refractivity contribution < 1.29 is 19.1 Å². The second-order valence-electron chi connectivity index (χ2n) is 9.47. The number of ether oxygens (including phenoxy) is 1. The number of hydrogen-bond donors (Lipinski definition) is 1. The van der Waals surface area contributed by atoms with Crippen molar-refractivity contribution in [3.63, 3.8) is 0 Å². The van der Waals surface area contributed by atoms with Gasteiger partial charge in [-0.25, -0.2) is 0 Å². The molecular weight excluding hydrogens is 478 g/mol. The minimum Gasteiger partial charge on any atom is -0.469 e. The molecule has 3 aromatic rings. The number of benzene rings is 3. The van der Waals surface area contributed by atoms with Gasteiger partial charge in [0.05, 0.1) is 31.1 Å². The zero-order valence-corrected chi connectivity index (χ0v) is 21.4. The van der Waals surface area contributed by atoms with E-state index >= 15 is 0 Å². The monoisotopic (exact) mass is 509 g/mol. The van der Waals surface area contributed by atoms with Crippen LogP contribution in [0.1, 0.15) is 40.7 Å². The lowest BCUT2D eigenvalue weighted by molar-refractivity contribution is -0.144. The molecule has 0 spiro atoms. The third-order valence-electron chi connectivity index (χ3n) is 6.95. The molecule has 7 nitrogen and oxygen atoms in total. The van der Waals surface area contributed by atoms with E-state index in [0.29, 0.717) is 30.6 Å². The van der Waals surface area contributed by atoms with Crippen molar-refractivity contribution in [3.8, 4) is 17.2 Å². The number of carbonyl (C=O) groups is 3. The Morgan fingerprint density at radius 1 is 1.03 bits per heavy atom. The molecule has 2 amide bonds. The van der Waals surface area contributed by atoms with Crippen LogP contribution in [0, 0.1) is 17.2 Å². The minimum absolute atomic E-state index is 0.0451. The number of nitrogens with zero attached hydrogens (tertiary/aromatic N) is 2. The highest BCUT2D eigenvalue weighted by molar-refractivity contribution is 5.95. The van der Waals surface area contributed by atoms with Crippen molar-refractivity contribution in [2.45, 2.75) is 31.7 Å². The molecule has 2 atom stereocenters. The molecule has 0 radical (unpaired) electrons. The zero-order chi connectivity index (χ0) is 26.9. The molecule has 194 valence electrons. The first-order valence-corrected chi connectivity index (χ1v) is 12.8. The van der Waals surface area contributed by atoms with E-state index in [-0.39, 0.29) is 24.3 Å². The first kappa shape index (κ1) is 26.6. The van der Waals surface area contributed by atoms with Crippen LogP contribution in [0.2, 0.25) is 0 Å². The first-order valence-electron chi connectivity index (χ1n) is 12.8. The molecule has 1 aliphatic rings. The standard InChI is InChI=1S/C31H31N3O4/c1-38-29(35)19-27-18-28(34(31(27)37)16-6-10-22-7-3-2-4-8-22)21-33-30(36)25-14-12-24(13-15-25)26-11-5-9-23(17-26)20-32/h2-5,7-9,11-15,17,27-28H,6,10,16,18-19,21H2,1H3,(H,33,36)/t27-,28-/m0/s1. The molecule has 0 aromatic heterocycles. The van der Waals surface area contributed by atoms with E-state index in [9.17, 15) is 14.4 Å². The lowest BCUT2D eigenvalue weighted by atomic mass is 10.0. The topological polar surface area (TPSA) is 99.5 Å². The Hall–Kier alpha value is -4.44. The highest BCUT2D eigenvalue weighted by Gasteiger charge is 2.40. The lowest BCUT2D eigenvalue weighted by Crippen LogP contribution is -2.42. The maximum atomic E-state index is 13.1. The summed E-state index contributed by atoms with van der Waals surface area (Å²) in [6.45, 7) is 0.863. The van der Waals surface area contributed by atoms with Gasteiger partial charge < -0.3 is 15.0 Å². The number of rotatable bonds is 10. The summed E-state index contributed by atoms with van der Waals surface area (Å²) in [5, 5.41) is 12.1. The summed E-state index contributed by atoms with van der Waals surface area (Å²) in [5.41, 5.74) is 4.11. The Morgan fingerprint density at radius 2 is 1.79 bits per heavy atom. The highest BCUT2D eigenvalue weighted by Crippen LogP contribution is 2.28. The molecule has 3 aromatic carbocycles. The van der Waals surface area contributed by atoms with E-state index in [2.05, 4.69) is 23.5 Å². The van der Waals surface area contributed by atoms with Crippen LogP contribution in [0.3, 0.4) is 0 Å². The Morgan fingerprint density at radius 3 is 2.50 bits per heavy atom. The van der Waals surface area contributed by atoms with Crippen LogP contribution in [0.5, 0.6) is 0 Å². The Bertz CT molecular complexity index is 1310. The van der Waals surface area contributed by atoms with Crippen LogP contribution in [-0.4, -0.2) is 48.9 Å². The number of nitrogens with one attached hydrogen (secondary N) is 1. The fourth-order valence-electron chi connectivity index (χ4n) is 4.91. The van der Waals surface area contributed by atoms with Gasteiger partial charge in [-0.15, -0.1) is 0 Å². The predicted molar refractivity (Wildman–Crippen MR) is 144 cm³/mol. The summed E-state index contributed by atoms with van der Waals surface area (Å²) in [6.07, 6.45) is 2.17. The van der Waals surface area contributed by atoms with E-state index in [4.69, 9.17) is 10.00 Å². The summed E-state index contributed by atoms with van der Waals surface area (Å²) in [6, 6.07) is 26.6. The molecule has 0 bridgehead atoms. The number of likely N-dealkylation sites (tertiary alicyclic amines) is 1. The molecular formula is C31H31N3O4. The van der Waals surface area contributed by atoms with Gasteiger partial charge in [0, 0.05) is 24.7 Å². The fourth-order valence-corrected chi connectivity index (χ4v) is 4.91. The zero-order valence-electron chi connectivity index (χ0n) is 21.4. The van der Waals surface area contributed by atoms with Gasteiger partial charge in [-0.05, 0) is 60.2 Å². The van der Waals surface area contributed by atoms with E-state index in [1.807, 2.05) is 53.4 Å². The number of amides is 2. The molecule has 1 saturated heterocycles. The molecule has 1 N–H and O–H groups in total. The number of hydrogen-bond acceptors (Lipinski definition) is 5. The number of nitriles is 1. The van der Waals surface area contributed by atoms with Gasteiger partial charge in [-0.2, -0.15) is 5.26 Å². The number of carbonyl (C=O) groups excluding carboxylic acids is 3. The number of aryl methyl sites for hydroxylation is 1. The average molecular weight is 510 g/mol. The van der Waals surface area contributed by atoms with Crippen molar-refractivity contribution in [1.82, 2.24) is 10.2 Å². The molecule has 1 heterocycles. The summed E-state index contributed by atoms with van der Waals surface area (Å²) in [7, 11) is 1.32. The normalized spacial score (nSPS) is 16.6. The van der Waals surface area contributed by atoms with Crippen LogP contribution < -0.4 is 5.32 Å². The maximum Gasteiger partial charge on any atom is 0.306 e. The average Bonchev–Trinajstić information content (AvgIpc) is 3.25. The molecule has 1 fully saturated rings. The van der Waals surface area contributed by atoms with Crippen molar-refractivity contribution in [2.75, 3.05) is 20.2 Å². The molecule has 1 aliphatic heterocycles. The SMILES string of the molecule is COC(=O)C[C@@H]1C[C@@H](CNC(=O)c2ccc(-c3cccc(C#N)c3)cc2)N(CCCc2ccccc2)C1=O. The predicted octanol–water partition coefficient (Wildman–Crippen LogP) is 4.37. The van der Waals surface area contributed by atoms with Crippen LogP contribution in [0.15, 0.2) is 78.9 Å². The second-order valence-corrected chi connectivity index (χ2v) is 9.47. The maximum absolute atomic E-state index is 13.1. The number of esters is 1. The highest BCUT2D eigenvalue weighted by atomic mass is 16.5. The first-order chi connectivity index (χ1) is 18.5. The van der Waals surface area contributed by atoms with Crippen LogP contribution in [0.4, 0.5) is 0 Å². The summed E-state index contributed by atoms with van der Waals surface area (Å²) >= 11 is 0. The van der Waals surface area contributed by atoms with Gasteiger partial charge in [-0.1, -0.05) is 54.6 Å². The van der Waals surface area contributed by atoms with Gasteiger partial charge >= 0.3 is 5.97 Å². The summed E-state index contributed by atoms with van der Waals surface area (Å²) in [4.78, 5) is 39.7. The van der Waals surface area contributed by atoms with E-state index in [1.165, 1.54) is 12.7 Å². The number of methoxy groups -OCH3 is 1. The summed E-state index contributed by atoms with van der Waals surface area (Å²) < 4.78 is 4.79. The molecule has 0 saturated carbocycles. The van der Waals surface area contributed by atoms with Crippen molar-refractivity contribution in [3.05, 3.63) is 95.6 Å². The molecule has 4 rings (SSSR count).